The van der Waals surface area contributed by atoms with Gasteiger partial charge in [-0.2, -0.15) is 0 Å². The molecule has 2 N–H and O–H groups in total. The van der Waals surface area contributed by atoms with Gasteiger partial charge in [-0.15, -0.1) is 0 Å². The van der Waals surface area contributed by atoms with Crippen LogP contribution in [0.3, 0.4) is 0 Å². The van der Waals surface area contributed by atoms with Gasteiger partial charge in [-0.25, -0.2) is 4.79 Å². The molecule has 0 atom stereocenters. The fourth-order valence-electron chi connectivity index (χ4n) is 3.04. The Labute approximate surface area is 117 Å². The molecule has 5 nitrogen and oxygen atoms in total. The Balaban J connectivity index is 1.47. The van der Waals surface area contributed by atoms with E-state index in [1.165, 1.54) is 11.1 Å². The molecule has 2 aliphatic rings. The van der Waals surface area contributed by atoms with Crippen LogP contribution in [0.2, 0.25) is 0 Å². The largest absolute Gasteiger partial charge is 0.481 e. The molecule has 0 saturated carbocycles. The summed E-state index contributed by atoms with van der Waals surface area (Å²) in [6, 6.07) is 8.36. The lowest BCUT2D eigenvalue weighted by Crippen LogP contribution is -2.56. The maximum Gasteiger partial charge on any atom is 0.317 e. The number of urea groups is 1. The molecule has 1 aliphatic heterocycles. The van der Waals surface area contributed by atoms with E-state index in [4.69, 9.17) is 5.11 Å². The van der Waals surface area contributed by atoms with E-state index in [0.29, 0.717) is 13.1 Å². The summed E-state index contributed by atoms with van der Waals surface area (Å²) in [4.78, 5) is 24.3. The molecule has 0 aromatic heterocycles. The van der Waals surface area contributed by atoms with Crippen LogP contribution in [-0.4, -0.2) is 41.1 Å². The average molecular weight is 274 g/mol. The number of nitrogens with one attached hydrogen (secondary N) is 1. The van der Waals surface area contributed by atoms with Gasteiger partial charge in [0.2, 0.25) is 0 Å². The third-order valence-corrected chi connectivity index (χ3v) is 4.09. The third-order valence-electron chi connectivity index (χ3n) is 4.09. The zero-order valence-electron chi connectivity index (χ0n) is 11.2. The number of carboxylic acids is 1. The Hall–Kier alpha value is -2.04. The minimum Gasteiger partial charge on any atom is -0.481 e. The number of amides is 2. The van der Waals surface area contributed by atoms with E-state index in [0.717, 1.165) is 12.8 Å². The van der Waals surface area contributed by atoms with E-state index in [1.807, 2.05) is 12.1 Å². The number of carbonyl (C=O) groups is 2. The number of likely N-dealkylation sites (tertiary alicyclic amines) is 1. The number of hydrogen-bond donors (Lipinski definition) is 2. The van der Waals surface area contributed by atoms with Crippen molar-refractivity contribution in [2.45, 2.75) is 25.3 Å². The first-order chi connectivity index (χ1) is 9.61. The summed E-state index contributed by atoms with van der Waals surface area (Å²) in [6.07, 6.45) is 1.92. The van der Waals surface area contributed by atoms with E-state index in [-0.39, 0.29) is 24.4 Å². The van der Waals surface area contributed by atoms with Crippen molar-refractivity contribution in [1.29, 1.82) is 0 Å². The van der Waals surface area contributed by atoms with Crippen molar-refractivity contribution in [2.75, 3.05) is 13.1 Å². The second-order valence-electron chi connectivity index (χ2n) is 5.69. The number of aliphatic carboxylic acids is 1. The normalized spacial score (nSPS) is 18.5. The quantitative estimate of drug-likeness (QED) is 0.872. The molecule has 0 spiro atoms. The van der Waals surface area contributed by atoms with Crippen LogP contribution in [-0.2, 0) is 17.6 Å². The van der Waals surface area contributed by atoms with Crippen LogP contribution in [0, 0.1) is 5.92 Å². The fourth-order valence-corrected chi connectivity index (χ4v) is 3.04. The molecule has 106 valence electrons. The Kier molecular flexibility index (Phi) is 3.34. The van der Waals surface area contributed by atoms with Crippen molar-refractivity contribution in [3.05, 3.63) is 35.4 Å². The fraction of sp³-hybridized carbons (Fsp3) is 0.467. The predicted molar refractivity (Wildman–Crippen MR) is 73.5 cm³/mol. The maximum atomic E-state index is 12.0. The molecule has 0 radical (unpaired) electrons. The van der Waals surface area contributed by atoms with E-state index >= 15 is 0 Å². The van der Waals surface area contributed by atoms with Gasteiger partial charge >= 0.3 is 12.0 Å². The van der Waals surface area contributed by atoms with Crippen LogP contribution in [0.4, 0.5) is 4.79 Å². The van der Waals surface area contributed by atoms with Crippen molar-refractivity contribution in [2.24, 2.45) is 5.92 Å². The number of fused-ring (bicyclic) bond motifs is 1. The number of nitrogens with zero attached hydrogens (tertiary/aromatic N) is 1. The van der Waals surface area contributed by atoms with E-state index < -0.39 is 5.97 Å². The molecule has 0 unspecified atom stereocenters. The number of rotatable bonds is 3. The minimum atomic E-state index is -0.790. The minimum absolute atomic E-state index is 0.0653. The van der Waals surface area contributed by atoms with E-state index in [2.05, 4.69) is 17.4 Å². The topological polar surface area (TPSA) is 69.6 Å². The van der Waals surface area contributed by atoms with Gasteiger partial charge in [0, 0.05) is 25.0 Å². The summed E-state index contributed by atoms with van der Waals surface area (Å²) < 4.78 is 0. The summed E-state index contributed by atoms with van der Waals surface area (Å²) in [5.41, 5.74) is 2.62. The lowest BCUT2D eigenvalue weighted by molar-refractivity contribution is -0.139. The molecule has 1 aromatic carbocycles. The van der Waals surface area contributed by atoms with Crippen LogP contribution in [0.5, 0.6) is 0 Å². The van der Waals surface area contributed by atoms with Crippen molar-refractivity contribution >= 4 is 12.0 Å². The van der Waals surface area contributed by atoms with Crippen molar-refractivity contribution < 1.29 is 14.7 Å². The number of benzene rings is 1. The van der Waals surface area contributed by atoms with E-state index in [9.17, 15) is 9.59 Å². The molecule has 1 saturated heterocycles. The Morgan fingerprint density at radius 1 is 1.20 bits per heavy atom. The van der Waals surface area contributed by atoms with Gasteiger partial charge in [0.25, 0.3) is 0 Å². The zero-order chi connectivity index (χ0) is 14.1. The molecule has 5 heteroatoms. The first-order valence-corrected chi connectivity index (χ1v) is 6.96. The van der Waals surface area contributed by atoms with Crippen LogP contribution in [0.1, 0.15) is 17.5 Å². The van der Waals surface area contributed by atoms with Crippen LogP contribution in [0.15, 0.2) is 24.3 Å². The third kappa shape index (κ3) is 2.61. The predicted octanol–water partition coefficient (Wildman–Crippen LogP) is 1.27. The summed E-state index contributed by atoms with van der Waals surface area (Å²) in [5.74, 6) is -0.680. The molecule has 3 rings (SSSR count). The lowest BCUT2D eigenvalue weighted by Gasteiger charge is -2.39. The van der Waals surface area contributed by atoms with Gasteiger partial charge in [0.15, 0.2) is 0 Å². The first kappa shape index (κ1) is 13.0. The Bertz CT molecular complexity index is 513. The smallest absolute Gasteiger partial charge is 0.317 e. The van der Waals surface area contributed by atoms with Gasteiger partial charge in [-0.3, -0.25) is 4.79 Å². The molecule has 1 aliphatic carbocycles. The first-order valence-electron chi connectivity index (χ1n) is 6.96. The number of hydrogen-bond acceptors (Lipinski definition) is 2. The molecule has 1 heterocycles. The molecule has 1 fully saturated rings. The highest BCUT2D eigenvalue weighted by molar-refractivity contribution is 5.76. The van der Waals surface area contributed by atoms with Crippen molar-refractivity contribution in [3.63, 3.8) is 0 Å². The molecule has 2 amide bonds. The Morgan fingerprint density at radius 2 is 1.80 bits per heavy atom. The standard InChI is InChI=1S/C15H18N2O3/c18-14(19)5-10-8-17(9-10)15(20)16-13-6-11-3-1-2-4-12(11)7-13/h1-4,10,13H,5-9H2,(H,16,20)(H,18,19). The number of carboxylic acid groups (broad SMARTS) is 1. The molecule has 1 aromatic rings. The van der Waals surface area contributed by atoms with Gasteiger partial charge < -0.3 is 15.3 Å². The zero-order valence-corrected chi connectivity index (χ0v) is 11.2. The van der Waals surface area contributed by atoms with Gasteiger partial charge in [-0.1, -0.05) is 24.3 Å². The molecule has 0 bridgehead atoms. The highest BCUT2D eigenvalue weighted by Crippen LogP contribution is 2.23. The van der Waals surface area contributed by atoms with Gasteiger partial charge in [0.1, 0.15) is 0 Å². The Morgan fingerprint density at radius 3 is 2.35 bits per heavy atom. The van der Waals surface area contributed by atoms with Crippen LogP contribution >= 0.6 is 0 Å². The number of carbonyl (C=O) groups excluding carboxylic acids is 1. The van der Waals surface area contributed by atoms with Crippen LogP contribution < -0.4 is 5.32 Å². The van der Waals surface area contributed by atoms with Crippen LogP contribution in [0.25, 0.3) is 0 Å². The average Bonchev–Trinajstić information content (AvgIpc) is 2.74. The summed E-state index contributed by atoms with van der Waals surface area (Å²) in [6.45, 7) is 1.11. The van der Waals surface area contributed by atoms with Crippen molar-refractivity contribution in [3.8, 4) is 0 Å². The maximum absolute atomic E-state index is 12.0. The summed E-state index contributed by atoms with van der Waals surface area (Å²) in [5, 5.41) is 11.7. The SMILES string of the molecule is O=C(O)CC1CN(C(=O)NC2Cc3ccccc3C2)C1. The molecular weight excluding hydrogens is 256 g/mol. The second kappa shape index (κ2) is 5.15. The lowest BCUT2D eigenvalue weighted by atomic mass is 9.97. The van der Waals surface area contributed by atoms with E-state index in [1.54, 1.807) is 4.90 Å². The molecular formula is C15H18N2O3. The van der Waals surface area contributed by atoms with Gasteiger partial charge in [0.05, 0.1) is 6.42 Å². The summed E-state index contributed by atoms with van der Waals surface area (Å²) in [7, 11) is 0. The van der Waals surface area contributed by atoms with Gasteiger partial charge in [-0.05, 0) is 24.0 Å². The highest BCUT2D eigenvalue weighted by atomic mass is 16.4. The monoisotopic (exact) mass is 274 g/mol. The van der Waals surface area contributed by atoms with Crippen molar-refractivity contribution in [1.82, 2.24) is 10.2 Å². The second-order valence-corrected chi connectivity index (χ2v) is 5.69. The summed E-state index contributed by atoms with van der Waals surface area (Å²) >= 11 is 0. The molecule has 20 heavy (non-hydrogen) atoms. The highest BCUT2D eigenvalue weighted by Gasteiger charge is 2.33.